The Bertz CT molecular complexity index is 635. The van der Waals surface area contributed by atoms with E-state index in [4.69, 9.17) is 4.74 Å². The van der Waals surface area contributed by atoms with Crippen LogP contribution < -0.4 is 0 Å². The summed E-state index contributed by atoms with van der Waals surface area (Å²) in [6.07, 6.45) is 5.86. The van der Waals surface area contributed by atoms with Gasteiger partial charge in [-0.1, -0.05) is 18.1 Å². The van der Waals surface area contributed by atoms with E-state index in [0.717, 1.165) is 45.6 Å². The molecular weight excluding hydrogens is 328 g/mol. The highest BCUT2D eigenvalue weighted by Gasteiger charge is 2.53. The van der Waals surface area contributed by atoms with Gasteiger partial charge in [0.2, 0.25) is 5.91 Å². The number of rotatable bonds is 2. The van der Waals surface area contributed by atoms with Crippen LogP contribution in [-0.2, 0) is 14.3 Å². The number of esters is 1. The first-order valence-electron chi connectivity index (χ1n) is 10.2. The van der Waals surface area contributed by atoms with E-state index in [1.165, 1.54) is 19.3 Å². The van der Waals surface area contributed by atoms with Crippen molar-refractivity contribution in [3.05, 3.63) is 11.1 Å². The number of carbonyl (C=O) groups excluding carboxylic acids is 2. The predicted molar refractivity (Wildman–Crippen MR) is 99.4 cm³/mol. The van der Waals surface area contributed by atoms with Gasteiger partial charge >= 0.3 is 5.97 Å². The van der Waals surface area contributed by atoms with E-state index in [1.807, 2.05) is 4.90 Å². The molecule has 0 aromatic heterocycles. The Hall–Kier alpha value is -1.36. The van der Waals surface area contributed by atoms with E-state index in [0.29, 0.717) is 5.92 Å². The van der Waals surface area contributed by atoms with Crippen LogP contribution in [0.15, 0.2) is 11.1 Å². The molecule has 0 aromatic carbocycles. The van der Waals surface area contributed by atoms with Crippen LogP contribution >= 0.6 is 0 Å². The fourth-order valence-corrected chi connectivity index (χ4v) is 5.84. The Morgan fingerprint density at radius 2 is 2.00 bits per heavy atom. The highest BCUT2D eigenvalue weighted by Crippen LogP contribution is 2.55. The van der Waals surface area contributed by atoms with Crippen molar-refractivity contribution in [1.82, 2.24) is 9.80 Å². The number of piperazine rings is 1. The molecule has 2 heterocycles. The Balaban J connectivity index is 1.45. The lowest BCUT2D eigenvalue weighted by Crippen LogP contribution is -2.50. The molecule has 0 spiro atoms. The minimum Gasteiger partial charge on any atom is -0.462 e. The Labute approximate surface area is 156 Å². The van der Waals surface area contributed by atoms with E-state index in [9.17, 15) is 9.59 Å². The van der Waals surface area contributed by atoms with Crippen LogP contribution in [0.2, 0.25) is 0 Å². The van der Waals surface area contributed by atoms with Crippen LogP contribution in [0.1, 0.15) is 52.9 Å². The van der Waals surface area contributed by atoms with Crippen molar-refractivity contribution >= 4 is 11.9 Å². The summed E-state index contributed by atoms with van der Waals surface area (Å²) in [5, 5.41) is 0. The minimum absolute atomic E-state index is 0.00402. The number of hydrogen-bond donors (Lipinski definition) is 0. The molecule has 1 amide bonds. The van der Waals surface area contributed by atoms with Gasteiger partial charge in [0.1, 0.15) is 6.10 Å². The molecule has 0 radical (unpaired) electrons. The van der Waals surface area contributed by atoms with E-state index in [-0.39, 0.29) is 29.3 Å². The number of amides is 1. The number of fused-ring (bicyclic) bond motifs is 2. The lowest BCUT2D eigenvalue weighted by Gasteiger charge is -2.46. The van der Waals surface area contributed by atoms with Crippen LogP contribution in [0.25, 0.3) is 0 Å². The Morgan fingerprint density at radius 3 is 2.69 bits per heavy atom. The van der Waals surface area contributed by atoms with Gasteiger partial charge in [0.15, 0.2) is 0 Å². The van der Waals surface area contributed by atoms with Gasteiger partial charge in [-0.3, -0.25) is 14.5 Å². The zero-order valence-corrected chi connectivity index (χ0v) is 16.4. The van der Waals surface area contributed by atoms with Crippen molar-refractivity contribution in [2.45, 2.75) is 59.0 Å². The lowest BCUT2D eigenvalue weighted by atomic mass is 9.59. The summed E-state index contributed by atoms with van der Waals surface area (Å²) in [7, 11) is 0. The monoisotopic (exact) mass is 360 g/mol. The fraction of sp³-hybridized carbons (Fsp3) is 0.810. The van der Waals surface area contributed by atoms with Gasteiger partial charge in [-0.15, -0.1) is 0 Å². The summed E-state index contributed by atoms with van der Waals surface area (Å²) < 4.78 is 5.88. The molecule has 3 fully saturated rings. The second-order valence-corrected chi connectivity index (χ2v) is 9.13. The van der Waals surface area contributed by atoms with Crippen molar-refractivity contribution in [3.8, 4) is 0 Å². The highest BCUT2D eigenvalue weighted by molar-refractivity contribution is 5.76. The summed E-state index contributed by atoms with van der Waals surface area (Å²) in [4.78, 5) is 28.4. The van der Waals surface area contributed by atoms with Crippen LogP contribution in [-0.4, -0.2) is 60.5 Å². The minimum atomic E-state index is -0.00402. The maximum absolute atomic E-state index is 12.6. The highest BCUT2D eigenvalue weighted by atomic mass is 16.6. The van der Waals surface area contributed by atoms with Crippen molar-refractivity contribution in [3.63, 3.8) is 0 Å². The van der Waals surface area contributed by atoms with Crippen molar-refractivity contribution in [1.29, 1.82) is 0 Å². The van der Waals surface area contributed by atoms with Gasteiger partial charge in [0.05, 0.1) is 5.92 Å². The molecular formula is C21H32N2O3. The standard InChI is InChI=1S/C21H32N2O3/c1-14-5-4-6-21(3)12-19-16(11-18(14)21)17(20(25)26-19)13-22-7-9-23(10-8-22)15(2)24/h16-17,19H,4-13H2,1-3H3/t16-,17-,19-,21-/m1/s1. The second kappa shape index (κ2) is 6.66. The van der Waals surface area contributed by atoms with Crippen LogP contribution in [0.4, 0.5) is 0 Å². The van der Waals surface area contributed by atoms with Crippen LogP contribution in [0.5, 0.6) is 0 Å². The molecule has 0 N–H and O–H groups in total. The molecule has 4 atom stereocenters. The summed E-state index contributed by atoms with van der Waals surface area (Å²) in [6, 6.07) is 0. The van der Waals surface area contributed by atoms with E-state index >= 15 is 0 Å². The maximum Gasteiger partial charge on any atom is 0.310 e. The molecule has 2 saturated heterocycles. The first-order valence-corrected chi connectivity index (χ1v) is 10.2. The molecule has 144 valence electrons. The third kappa shape index (κ3) is 3.08. The summed E-state index contributed by atoms with van der Waals surface area (Å²) in [5.41, 5.74) is 3.42. The summed E-state index contributed by atoms with van der Waals surface area (Å²) in [5.74, 6) is 0.492. The third-order valence-corrected chi connectivity index (χ3v) is 7.45. The largest absolute Gasteiger partial charge is 0.462 e. The number of hydrogen-bond acceptors (Lipinski definition) is 4. The van der Waals surface area contributed by atoms with Gasteiger partial charge in [0.25, 0.3) is 0 Å². The normalized spacial score (nSPS) is 38.0. The molecule has 5 heteroatoms. The van der Waals surface area contributed by atoms with Gasteiger partial charge in [-0.2, -0.15) is 0 Å². The topological polar surface area (TPSA) is 49.9 Å². The average Bonchev–Trinajstić information content (AvgIpc) is 2.88. The lowest BCUT2D eigenvalue weighted by molar-refractivity contribution is -0.146. The molecule has 2 aliphatic carbocycles. The van der Waals surface area contributed by atoms with E-state index in [2.05, 4.69) is 18.7 Å². The van der Waals surface area contributed by atoms with E-state index < -0.39 is 0 Å². The molecule has 26 heavy (non-hydrogen) atoms. The maximum atomic E-state index is 12.6. The van der Waals surface area contributed by atoms with E-state index in [1.54, 1.807) is 18.1 Å². The Morgan fingerprint density at radius 1 is 1.27 bits per heavy atom. The average molecular weight is 360 g/mol. The van der Waals surface area contributed by atoms with Gasteiger partial charge < -0.3 is 9.64 Å². The first-order chi connectivity index (χ1) is 12.4. The van der Waals surface area contributed by atoms with Crippen molar-refractivity contribution in [2.24, 2.45) is 17.3 Å². The zero-order chi connectivity index (χ0) is 18.5. The van der Waals surface area contributed by atoms with Gasteiger partial charge in [-0.25, -0.2) is 0 Å². The SMILES string of the molecule is CC(=O)N1CCN(C[C@H]2C(=O)O[C@@H]3C[C@@]4(C)CCCC(C)=C4C[C@@H]32)CC1. The molecule has 2 aliphatic heterocycles. The molecule has 1 saturated carbocycles. The Kier molecular flexibility index (Phi) is 4.62. The number of ether oxygens (including phenoxy) is 1. The third-order valence-electron chi connectivity index (χ3n) is 7.45. The smallest absolute Gasteiger partial charge is 0.310 e. The number of allylic oxidation sites excluding steroid dienone is 2. The summed E-state index contributed by atoms with van der Waals surface area (Å²) in [6.45, 7) is 10.4. The van der Waals surface area contributed by atoms with Gasteiger partial charge in [-0.05, 0) is 44.4 Å². The molecule has 4 aliphatic rings. The summed E-state index contributed by atoms with van der Waals surface area (Å²) >= 11 is 0. The fourth-order valence-electron chi connectivity index (χ4n) is 5.84. The van der Waals surface area contributed by atoms with Gasteiger partial charge in [0, 0.05) is 45.6 Å². The second-order valence-electron chi connectivity index (χ2n) is 9.13. The molecule has 0 unspecified atom stereocenters. The molecule has 5 nitrogen and oxygen atoms in total. The van der Waals surface area contributed by atoms with Crippen LogP contribution in [0, 0.1) is 17.3 Å². The molecule has 4 rings (SSSR count). The van der Waals surface area contributed by atoms with Crippen LogP contribution in [0.3, 0.4) is 0 Å². The van der Waals surface area contributed by atoms with Crippen molar-refractivity contribution in [2.75, 3.05) is 32.7 Å². The van der Waals surface area contributed by atoms with Crippen molar-refractivity contribution < 1.29 is 14.3 Å². The zero-order valence-electron chi connectivity index (χ0n) is 16.4. The molecule has 0 aromatic rings. The molecule has 0 bridgehead atoms. The number of carbonyl (C=O) groups is 2. The first kappa shape index (κ1) is 18.0. The quantitative estimate of drug-likeness (QED) is 0.561. The number of nitrogens with zero attached hydrogens (tertiary/aromatic N) is 2. The predicted octanol–water partition coefficient (Wildman–Crippen LogP) is 2.61.